The number of rotatable bonds is 0. The lowest BCUT2D eigenvalue weighted by molar-refractivity contribution is 0.00331. The van der Waals surface area contributed by atoms with Gasteiger partial charge in [0.05, 0.1) is 10.2 Å². The lowest BCUT2D eigenvalue weighted by Crippen LogP contribution is -2.59. The Morgan fingerprint density at radius 2 is 2.23 bits per heavy atom. The van der Waals surface area contributed by atoms with Crippen LogP contribution in [0.25, 0.3) is 10.2 Å². The maximum Gasteiger partial charge on any atom is 0.181 e. The average molecular weight is 313 g/mol. The second kappa shape index (κ2) is 4.45. The van der Waals surface area contributed by atoms with E-state index in [-0.39, 0.29) is 0 Å². The Bertz CT molecular complexity index is 752. The Balaban J connectivity index is 1.79. The normalized spacial score (nSPS) is 34.4. The highest BCUT2D eigenvalue weighted by molar-refractivity contribution is 7.22. The van der Waals surface area contributed by atoms with Crippen molar-refractivity contribution in [3.8, 4) is 0 Å². The predicted octanol–water partition coefficient (Wildman–Crippen LogP) is 3.57. The van der Waals surface area contributed by atoms with E-state index in [1.807, 2.05) is 0 Å². The first kappa shape index (κ1) is 13.3. The zero-order chi connectivity index (χ0) is 14.9. The Morgan fingerprint density at radius 1 is 1.32 bits per heavy atom. The van der Waals surface area contributed by atoms with Crippen LogP contribution < -0.4 is 5.73 Å². The Morgan fingerprint density at radius 3 is 3.14 bits per heavy atom. The molecule has 0 spiro atoms. The predicted molar refractivity (Wildman–Crippen MR) is 92.4 cm³/mol. The van der Waals surface area contributed by atoms with Crippen LogP contribution >= 0.6 is 11.3 Å². The van der Waals surface area contributed by atoms with Gasteiger partial charge in [0.15, 0.2) is 5.13 Å². The fourth-order valence-electron chi connectivity index (χ4n) is 5.70. The summed E-state index contributed by atoms with van der Waals surface area (Å²) < 4.78 is 1.36. The Kier molecular flexibility index (Phi) is 2.70. The topological polar surface area (TPSA) is 42.2 Å². The molecule has 5 rings (SSSR count). The smallest absolute Gasteiger partial charge is 0.181 e. The number of nitrogens with zero attached hydrogens (tertiary/aromatic N) is 2. The third kappa shape index (κ3) is 1.57. The molecule has 2 N–H and O–H groups in total. The molecule has 1 saturated heterocycles. The van der Waals surface area contributed by atoms with Crippen LogP contribution in [0.2, 0.25) is 0 Å². The number of aromatic nitrogens is 1. The van der Waals surface area contributed by atoms with E-state index in [0.717, 1.165) is 17.5 Å². The molecule has 0 unspecified atom stereocenters. The highest BCUT2D eigenvalue weighted by Crippen LogP contribution is 2.56. The number of fused-ring (bicyclic) bond motifs is 3. The monoisotopic (exact) mass is 313 g/mol. The molecule has 1 saturated carbocycles. The van der Waals surface area contributed by atoms with Crippen LogP contribution in [-0.2, 0) is 11.8 Å². The molecule has 0 radical (unpaired) electrons. The van der Waals surface area contributed by atoms with E-state index in [0.29, 0.717) is 10.5 Å². The number of hydrogen-bond acceptors (Lipinski definition) is 4. The lowest BCUT2D eigenvalue weighted by atomic mass is 9.52. The van der Waals surface area contributed by atoms with Gasteiger partial charge in [-0.3, -0.25) is 0 Å². The minimum absolute atomic E-state index is 0.440. The van der Waals surface area contributed by atoms with E-state index in [1.165, 1.54) is 49.8 Å². The van der Waals surface area contributed by atoms with Crippen molar-refractivity contribution >= 4 is 26.7 Å². The van der Waals surface area contributed by atoms with Crippen LogP contribution in [0.5, 0.6) is 0 Å². The minimum Gasteiger partial charge on any atom is -0.375 e. The van der Waals surface area contributed by atoms with Crippen molar-refractivity contribution < 1.29 is 0 Å². The molecule has 2 fully saturated rings. The lowest BCUT2D eigenvalue weighted by Gasteiger charge is -2.58. The van der Waals surface area contributed by atoms with Crippen molar-refractivity contribution in [3.05, 3.63) is 23.3 Å². The fraction of sp³-hybridized carbons (Fsp3) is 0.611. The van der Waals surface area contributed by atoms with E-state index >= 15 is 0 Å². The van der Waals surface area contributed by atoms with Gasteiger partial charge >= 0.3 is 0 Å². The molecule has 0 amide bonds. The van der Waals surface area contributed by atoms with E-state index < -0.39 is 0 Å². The highest BCUT2D eigenvalue weighted by Gasteiger charge is 2.53. The van der Waals surface area contributed by atoms with Crippen molar-refractivity contribution in [2.45, 2.75) is 50.0 Å². The summed E-state index contributed by atoms with van der Waals surface area (Å²) in [6.07, 6.45) is 8.14. The summed E-state index contributed by atoms with van der Waals surface area (Å²) in [4.78, 5) is 7.14. The second-order valence-electron chi connectivity index (χ2n) is 7.50. The molecule has 2 aliphatic carbocycles. The molecule has 3 aliphatic rings. The maximum absolute atomic E-state index is 5.99. The number of likely N-dealkylation sites (tertiary alicyclic amines) is 1. The largest absolute Gasteiger partial charge is 0.375 e. The zero-order valence-electron chi connectivity index (χ0n) is 13.1. The maximum atomic E-state index is 5.99. The van der Waals surface area contributed by atoms with Crippen LogP contribution in [0.1, 0.15) is 43.2 Å². The Hall–Kier alpha value is -1.13. The summed E-state index contributed by atoms with van der Waals surface area (Å²) in [7, 11) is 2.33. The highest BCUT2D eigenvalue weighted by atomic mass is 32.1. The van der Waals surface area contributed by atoms with Crippen LogP contribution in [0.15, 0.2) is 12.1 Å². The van der Waals surface area contributed by atoms with E-state index in [4.69, 9.17) is 5.73 Å². The first-order valence-corrected chi connectivity index (χ1v) is 9.39. The quantitative estimate of drug-likeness (QED) is 0.808. The number of nitrogens with two attached hydrogens (primary N) is 1. The number of nitrogen functional groups attached to an aromatic ring is 1. The van der Waals surface area contributed by atoms with Gasteiger partial charge in [-0.1, -0.05) is 30.2 Å². The zero-order valence-corrected chi connectivity index (χ0v) is 14.0. The van der Waals surface area contributed by atoms with Crippen molar-refractivity contribution in [3.63, 3.8) is 0 Å². The fourth-order valence-corrected chi connectivity index (χ4v) is 6.58. The molecule has 2 heterocycles. The molecule has 1 aromatic heterocycles. The van der Waals surface area contributed by atoms with Gasteiger partial charge in [0.25, 0.3) is 0 Å². The molecular weight excluding hydrogens is 290 g/mol. The summed E-state index contributed by atoms with van der Waals surface area (Å²) >= 11 is 1.69. The number of hydrogen-bond donors (Lipinski definition) is 1. The molecule has 116 valence electrons. The minimum atomic E-state index is 0.440. The number of anilines is 1. The number of benzene rings is 1. The number of likely N-dealkylation sites (N-methyl/N-ethyl adjacent to an activating group) is 1. The molecule has 1 aliphatic heterocycles. The molecular formula is C18H23N3S. The average Bonchev–Trinajstić information content (AvgIpc) is 2.91. The van der Waals surface area contributed by atoms with Gasteiger partial charge in [-0.25, -0.2) is 4.98 Å². The second-order valence-corrected chi connectivity index (χ2v) is 8.53. The third-order valence-electron chi connectivity index (χ3n) is 6.67. The standard InChI is InChI=1S/C18H23N3S/c1-21-9-8-18-7-3-2-4-13(18)15(21)10-11-12(18)5-6-14-16(11)22-17(19)20-14/h5-6,13,15H,2-4,7-10H2,1H3,(H2,19,20)/t13-,15+,18-/m0/s1. The van der Waals surface area contributed by atoms with E-state index in [1.54, 1.807) is 22.5 Å². The summed E-state index contributed by atoms with van der Waals surface area (Å²) in [5.41, 5.74) is 10.8. The molecule has 2 aromatic rings. The van der Waals surface area contributed by atoms with E-state index in [2.05, 4.69) is 29.1 Å². The molecule has 22 heavy (non-hydrogen) atoms. The van der Waals surface area contributed by atoms with Gasteiger partial charge < -0.3 is 10.6 Å². The van der Waals surface area contributed by atoms with Gasteiger partial charge in [0.1, 0.15) is 0 Å². The van der Waals surface area contributed by atoms with E-state index in [9.17, 15) is 0 Å². The van der Waals surface area contributed by atoms with Crippen molar-refractivity contribution in [1.29, 1.82) is 0 Å². The van der Waals surface area contributed by atoms with Crippen LogP contribution in [0, 0.1) is 5.92 Å². The molecule has 1 aromatic carbocycles. The van der Waals surface area contributed by atoms with Crippen molar-refractivity contribution in [2.24, 2.45) is 5.92 Å². The van der Waals surface area contributed by atoms with Gasteiger partial charge in [0.2, 0.25) is 0 Å². The summed E-state index contributed by atoms with van der Waals surface area (Å²) in [5.74, 6) is 0.857. The first-order valence-electron chi connectivity index (χ1n) is 8.58. The van der Waals surface area contributed by atoms with Crippen LogP contribution in [0.4, 0.5) is 5.13 Å². The first-order chi connectivity index (χ1) is 10.7. The van der Waals surface area contributed by atoms with Crippen LogP contribution in [-0.4, -0.2) is 29.5 Å². The summed E-state index contributed by atoms with van der Waals surface area (Å²) in [5, 5.41) is 0.713. The number of thiazole rings is 1. The third-order valence-corrected chi connectivity index (χ3v) is 7.63. The summed E-state index contributed by atoms with van der Waals surface area (Å²) in [6.45, 7) is 1.25. The molecule has 3 nitrogen and oxygen atoms in total. The van der Waals surface area contributed by atoms with Gasteiger partial charge in [-0.15, -0.1) is 0 Å². The van der Waals surface area contributed by atoms with Gasteiger partial charge in [-0.2, -0.15) is 0 Å². The van der Waals surface area contributed by atoms with Crippen LogP contribution in [0.3, 0.4) is 0 Å². The SMILES string of the molecule is CN1CC[C@]23CCCC[C@H]2[C@H]1Cc1c3ccc2nc(N)sc12. The molecule has 2 bridgehead atoms. The Labute approximate surface area is 135 Å². The number of piperidine rings is 1. The van der Waals surface area contributed by atoms with Crippen molar-refractivity contribution in [2.75, 3.05) is 19.3 Å². The summed E-state index contributed by atoms with van der Waals surface area (Å²) in [6, 6.07) is 5.34. The van der Waals surface area contributed by atoms with Gasteiger partial charge in [0, 0.05) is 11.5 Å². The molecule has 4 heteroatoms. The molecule has 3 atom stereocenters. The van der Waals surface area contributed by atoms with Gasteiger partial charge in [-0.05, 0) is 62.4 Å². The van der Waals surface area contributed by atoms with Crippen molar-refractivity contribution in [1.82, 2.24) is 9.88 Å².